The van der Waals surface area contributed by atoms with E-state index < -0.39 is 0 Å². The van der Waals surface area contributed by atoms with Crippen molar-refractivity contribution in [2.75, 3.05) is 24.5 Å². The standard InChI is InChI=1S/C15H24N2O/c1-3-16-10-14(18)11-17-12(2)8-9-13-6-4-5-7-15(13)17/h4-7,12,14,16,18H,3,8-11H2,1-2H3. The summed E-state index contributed by atoms with van der Waals surface area (Å²) < 4.78 is 0. The largest absolute Gasteiger partial charge is 0.390 e. The molecule has 1 aliphatic heterocycles. The first-order valence-corrected chi connectivity index (χ1v) is 6.95. The molecule has 0 bridgehead atoms. The van der Waals surface area contributed by atoms with Crippen LogP contribution in [0.5, 0.6) is 0 Å². The minimum Gasteiger partial charge on any atom is -0.390 e. The number of hydrogen-bond acceptors (Lipinski definition) is 3. The molecule has 1 heterocycles. The summed E-state index contributed by atoms with van der Waals surface area (Å²) in [6.07, 6.45) is 2.01. The number of nitrogens with zero attached hydrogens (tertiary/aromatic N) is 1. The summed E-state index contributed by atoms with van der Waals surface area (Å²) in [6, 6.07) is 9.06. The second kappa shape index (κ2) is 6.21. The maximum atomic E-state index is 10.1. The molecule has 0 radical (unpaired) electrons. The van der Waals surface area contributed by atoms with Crippen molar-refractivity contribution in [3.8, 4) is 0 Å². The highest BCUT2D eigenvalue weighted by atomic mass is 16.3. The number of nitrogens with one attached hydrogen (secondary N) is 1. The van der Waals surface area contributed by atoms with E-state index in [9.17, 15) is 5.11 Å². The average Bonchev–Trinajstić information content (AvgIpc) is 2.40. The van der Waals surface area contributed by atoms with Crippen LogP contribution in [0.1, 0.15) is 25.8 Å². The van der Waals surface area contributed by atoms with Gasteiger partial charge in [0.15, 0.2) is 0 Å². The van der Waals surface area contributed by atoms with Gasteiger partial charge in [-0.05, 0) is 37.9 Å². The molecule has 2 N–H and O–H groups in total. The van der Waals surface area contributed by atoms with Crippen LogP contribution in [0.4, 0.5) is 5.69 Å². The summed E-state index contributed by atoms with van der Waals surface area (Å²) in [7, 11) is 0. The molecule has 0 saturated carbocycles. The second-order valence-corrected chi connectivity index (χ2v) is 5.13. The highest BCUT2D eigenvalue weighted by molar-refractivity contribution is 5.56. The summed E-state index contributed by atoms with van der Waals surface area (Å²) in [5.41, 5.74) is 2.71. The van der Waals surface area contributed by atoms with Crippen molar-refractivity contribution in [1.82, 2.24) is 5.32 Å². The van der Waals surface area contributed by atoms with Gasteiger partial charge in [-0.15, -0.1) is 0 Å². The fourth-order valence-electron chi connectivity index (χ4n) is 2.64. The van der Waals surface area contributed by atoms with Gasteiger partial charge in [-0.2, -0.15) is 0 Å². The maximum Gasteiger partial charge on any atom is 0.0839 e. The van der Waals surface area contributed by atoms with E-state index in [1.54, 1.807) is 0 Å². The van der Waals surface area contributed by atoms with Gasteiger partial charge in [0.1, 0.15) is 0 Å². The van der Waals surface area contributed by atoms with Crippen molar-refractivity contribution in [3.05, 3.63) is 29.8 Å². The average molecular weight is 248 g/mol. The van der Waals surface area contributed by atoms with Gasteiger partial charge in [-0.25, -0.2) is 0 Å². The summed E-state index contributed by atoms with van der Waals surface area (Å²) in [5.74, 6) is 0. The number of anilines is 1. The number of β-amino-alcohol motifs (C(OH)–C–C–N with tert-alkyl or cyclic N) is 1. The number of likely N-dealkylation sites (N-methyl/N-ethyl adjacent to an activating group) is 1. The smallest absolute Gasteiger partial charge is 0.0839 e. The topological polar surface area (TPSA) is 35.5 Å². The minimum absolute atomic E-state index is 0.307. The Morgan fingerprint density at radius 3 is 3.00 bits per heavy atom. The lowest BCUT2D eigenvalue weighted by Crippen LogP contribution is -2.45. The van der Waals surface area contributed by atoms with E-state index in [4.69, 9.17) is 0 Å². The monoisotopic (exact) mass is 248 g/mol. The van der Waals surface area contributed by atoms with Gasteiger partial charge in [0.2, 0.25) is 0 Å². The third-order valence-corrected chi connectivity index (χ3v) is 3.70. The lowest BCUT2D eigenvalue weighted by Gasteiger charge is -2.38. The molecule has 2 unspecified atom stereocenters. The predicted octanol–water partition coefficient (Wildman–Crippen LogP) is 1.80. The Bertz CT molecular complexity index is 381. The van der Waals surface area contributed by atoms with Gasteiger partial charge in [-0.1, -0.05) is 25.1 Å². The van der Waals surface area contributed by atoms with Crippen LogP contribution < -0.4 is 10.2 Å². The third kappa shape index (κ3) is 3.03. The highest BCUT2D eigenvalue weighted by Gasteiger charge is 2.24. The number of aliphatic hydroxyl groups is 1. The number of aryl methyl sites for hydroxylation is 1. The van der Waals surface area contributed by atoms with Crippen LogP contribution >= 0.6 is 0 Å². The number of rotatable bonds is 5. The van der Waals surface area contributed by atoms with E-state index in [0.29, 0.717) is 19.1 Å². The molecule has 1 aromatic rings. The zero-order chi connectivity index (χ0) is 13.0. The molecule has 1 aliphatic rings. The van der Waals surface area contributed by atoms with Crippen LogP contribution in [-0.4, -0.2) is 36.9 Å². The Hall–Kier alpha value is -1.06. The minimum atomic E-state index is -0.307. The van der Waals surface area contributed by atoms with Crippen molar-refractivity contribution >= 4 is 5.69 Å². The molecule has 0 spiro atoms. The Morgan fingerprint density at radius 2 is 2.22 bits per heavy atom. The molecule has 0 amide bonds. The Morgan fingerprint density at radius 1 is 1.44 bits per heavy atom. The van der Waals surface area contributed by atoms with Gasteiger partial charge in [0, 0.05) is 24.8 Å². The lowest BCUT2D eigenvalue weighted by atomic mass is 9.96. The van der Waals surface area contributed by atoms with Gasteiger partial charge in [0.05, 0.1) is 6.10 Å². The lowest BCUT2D eigenvalue weighted by molar-refractivity contribution is 0.174. The Kier molecular flexibility index (Phi) is 4.61. The first-order chi connectivity index (χ1) is 8.72. The summed E-state index contributed by atoms with van der Waals surface area (Å²) in [5, 5.41) is 13.3. The van der Waals surface area contributed by atoms with Crippen molar-refractivity contribution in [1.29, 1.82) is 0 Å². The van der Waals surface area contributed by atoms with E-state index in [1.165, 1.54) is 17.7 Å². The van der Waals surface area contributed by atoms with Crippen LogP contribution in [0.15, 0.2) is 24.3 Å². The highest BCUT2D eigenvalue weighted by Crippen LogP contribution is 2.30. The summed E-state index contributed by atoms with van der Waals surface area (Å²) >= 11 is 0. The van der Waals surface area contributed by atoms with Crippen LogP contribution in [0.3, 0.4) is 0 Å². The number of fused-ring (bicyclic) bond motifs is 1. The summed E-state index contributed by atoms with van der Waals surface area (Å²) in [4.78, 5) is 2.35. The Labute approximate surface area is 110 Å². The molecule has 2 atom stereocenters. The number of aliphatic hydroxyl groups excluding tert-OH is 1. The third-order valence-electron chi connectivity index (χ3n) is 3.70. The van der Waals surface area contributed by atoms with Gasteiger partial charge in [-0.3, -0.25) is 0 Å². The zero-order valence-electron chi connectivity index (χ0n) is 11.4. The molecule has 2 rings (SSSR count). The van der Waals surface area contributed by atoms with Crippen LogP contribution in [0.25, 0.3) is 0 Å². The van der Waals surface area contributed by atoms with E-state index in [0.717, 1.165) is 13.0 Å². The maximum absolute atomic E-state index is 10.1. The molecule has 3 heteroatoms. The first-order valence-electron chi connectivity index (χ1n) is 6.95. The Balaban J connectivity index is 2.07. The van der Waals surface area contributed by atoms with Crippen LogP contribution in [-0.2, 0) is 6.42 Å². The normalized spacial score (nSPS) is 20.6. The first kappa shape index (κ1) is 13.4. The fraction of sp³-hybridized carbons (Fsp3) is 0.600. The van der Waals surface area contributed by atoms with Crippen molar-refractivity contribution in [2.45, 2.75) is 38.8 Å². The molecule has 100 valence electrons. The van der Waals surface area contributed by atoms with Gasteiger partial charge in [0.25, 0.3) is 0 Å². The van der Waals surface area contributed by atoms with Crippen molar-refractivity contribution in [3.63, 3.8) is 0 Å². The molecule has 18 heavy (non-hydrogen) atoms. The zero-order valence-corrected chi connectivity index (χ0v) is 11.4. The van der Waals surface area contributed by atoms with Crippen LogP contribution in [0, 0.1) is 0 Å². The van der Waals surface area contributed by atoms with Gasteiger partial charge >= 0.3 is 0 Å². The predicted molar refractivity (Wildman–Crippen MR) is 76.1 cm³/mol. The van der Waals surface area contributed by atoms with E-state index >= 15 is 0 Å². The summed E-state index contributed by atoms with van der Waals surface area (Å²) in [6.45, 7) is 6.59. The number of hydrogen-bond donors (Lipinski definition) is 2. The molecule has 3 nitrogen and oxygen atoms in total. The molecule has 0 aromatic heterocycles. The molecule has 0 saturated heterocycles. The van der Waals surface area contributed by atoms with E-state index in [-0.39, 0.29) is 6.10 Å². The van der Waals surface area contributed by atoms with Gasteiger partial charge < -0.3 is 15.3 Å². The number of benzene rings is 1. The molecular weight excluding hydrogens is 224 g/mol. The molecule has 0 aliphatic carbocycles. The molecule has 0 fully saturated rings. The van der Waals surface area contributed by atoms with Crippen molar-refractivity contribution < 1.29 is 5.11 Å². The van der Waals surface area contributed by atoms with Crippen LogP contribution in [0.2, 0.25) is 0 Å². The fourth-order valence-corrected chi connectivity index (χ4v) is 2.64. The number of para-hydroxylation sites is 1. The van der Waals surface area contributed by atoms with Crippen molar-refractivity contribution in [2.24, 2.45) is 0 Å². The quantitative estimate of drug-likeness (QED) is 0.834. The SMILES string of the molecule is CCNCC(O)CN1c2ccccc2CCC1C. The van der Waals surface area contributed by atoms with E-state index in [1.807, 2.05) is 0 Å². The molecule has 1 aromatic carbocycles. The second-order valence-electron chi connectivity index (χ2n) is 5.13. The molecular formula is C15H24N2O. The van der Waals surface area contributed by atoms with E-state index in [2.05, 4.69) is 48.3 Å².